The van der Waals surface area contributed by atoms with Crippen molar-refractivity contribution in [1.29, 1.82) is 0 Å². The third kappa shape index (κ3) is 2.76. The van der Waals surface area contributed by atoms with Crippen molar-refractivity contribution in [3.05, 3.63) is 48.0 Å². The van der Waals surface area contributed by atoms with Gasteiger partial charge in [-0.2, -0.15) is 0 Å². The molecule has 0 aliphatic carbocycles. The van der Waals surface area contributed by atoms with E-state index in [9.17, 15) is 4.39 Å². The number of rotatable bonds is 3. The Morgan fingerprint density at radius 1 is 1.32 bits per heavy atom. The van der Waals surface area contributed by atoms with Crippen molar-refractivity contribution in [2.24, 2.45) is 10.9 Å². The average molecular weight is 261 g/mol. The smallest absolute Gasteiger partial charge is 0.230 e. The van der Waals surface area contributed by atoms with Crippen LogP contribution in [-0.4, -0.2) is 28.1 Å². The van der Waals surface area contributed by atoms with Crippen molar-refractivity contribution in [2.75, 3.05) is 11.9 Å². The fourth-order valence-corrected chi connectivity index (χ4v) is 1.48. The van der Waals surface area contributed by atoms with E-state index in [1.165, 1.54) is 24.4 Å². The van der Waals surface area contributed by atoms with E-state index in [1.807, 2.05) is 0 Å². The third-order valence-electron chi connectivity index (χ3n) is 2.53. The Morgan fingerprint density at radius 2 is 2.00 bits per heavy atom. The molecule has 0 spiro atoms. The molecule has 0 unspecified atom stereocenters. The summed E-state index contributed by atoms with van der Waals surface area (Å²) >= 11 is 0. The molecule has 98 valence electrons. The summed E-state index contributed by atoms with van der Waals surface area (Å²) in [4.78, 5) is 9.89. The van der Waals surface area contributed by atoms with Crippen LogP contribution in [-0.2, 0) is 0 Å². The van der Waals surface area contributed by atoms with Crippen LogP contribution in [0.5, 0.6) is 0 Å². The predicted molar refractivity (Wildman–Crippen MR) is 69.0 cm³/mol. The summed E-state index contributed by atoms with van der Waals surface area (Å²) in [5, 5.41) is 11.5. The molecule has 3 N–H and O–H groups in total. The molecule has 7 heteroatoms. The van der Waals surface area contributed by atoms with Crippen molar-refractivity contribution in [2.45, 2.75) is 0 Å². The maximum atomic E-state index is 12.9. The zero-order chi connectivity index (χ0) is 13.8. The van der Waals surface area contributed by atoms with Gasteiger partial charge in [-0.05, 0) is 30.3 Å². The first kappa shape index (κ1) is 12.7. The van der Waals surface area contributed by atoms with Gasteiger partial charge in [0.15, 0.2) is 5.84 Å². The molecule has 0 saturated heterocycles. The maximum Gasteiger partial charge on any atom is 0.230 e. The Bertz CT molecular complexity index is 599. The molecule has 0 aliphatic heterocycles. The number of hydrogen-bond donors (Lipinski definition) is 2. The van der Waals surface area contributed by atoms with Gasteiger partial charge in [-0.25, -0.2) is 14.4 Å². The molecule has 1 aromatic heterocycles. The Labute approximate surface area is 109 Å². The molecule has 0 aliphatic rings. The topological polar surface area (TPSA) is 87.6 Å². The zero-order valence-electron chi connectivity index (χ0n) is 10.2. The van der Waals surface area contributed by atoms with Gasteiger partial charge < -0.3 is 15.8 Å². The molecular formula is C12H12FN5O. The first-order valence-electron chi connectivity index (χ1n) is 5.42. The van der Waals surface area contributed by atoms with Gasteiger partial charge in [0.25, 0.3) is 0 Å². The number of oxime groups is 1. The summed E-state index contributed by atoms with van der Waals surface area (Å²) in [6.07, 6.45) is 1.50. The van der Waals surface area contributed by atoms with Crippen LogP contribution in [0.15, 0.2) is 41.7 Å². The van der Waals surface area contributed by atoms with Crippen LogP contribution in [0.2, 0.25) is 0 Å². The lowest BCUT2D eigenvalue weighted by Gasteiger charge is -2.17. The minimum atomic E-state index is -0.316. The number of nitrogens with zero attached hydrogens (tertiary/aromatic N) is 4. The number of aromatic nitrogens is 2. The molecular weight excluding hydrogens is 249 g/mol. The van der Waals surface area contributed by atoms with Crippen molar-refractivity contribution >= 4 is 17.5 Å². The maximum absolute atomic E-state index is 12.9. The number of benzene rings is 1. The van der Waals surface area contributed by atoms with Gasteiger partial charge in [-0.1, -0.05) is 5.16 Å². The molecule has 2 rings (SSSR count). The Kier molecular flexibility index (Phi) is 3.56. The third-order valence-corrected chi connectivity index (χ3v) is 2.53. The number of amidine groups is 1. The summed E-state index contributed by atoms with van der Waals surface area (Å²) in [6, 6.07) is 7.43. The molecule has 19 heavy (non-hydrogen) atoms. The lowest BCUT2D eigenvalue weighted by Crippen LogP contribution is -2.19. The summed E-state index contributed by atoms with van der Waals surface area (Å²) in [7, 11) is 1.73. The predicted octanol–water partition coefficient (Wildman–Crippen LogP) is 1.48. The molecule has 0 fully saturated rings. The summed E-state index contributed by atoms with van der Waals surface area (Å²) in [6.45, 7) is 0. The van der Waals surface area contributed by atoms with E-state index in [-0.39, 0.29) is 11.7 Å². The zero-order valence-corrected chi connectivity index (χ0v) is 10.2. The SMILES string of the molecule is CN(c1ccc(F)cc1)c1nccc(/C(N)=N/O)n1. The van der Waals surface area contributed by atoms with Crippen molar-refractivity contribution in [3.8, 4) is 0 Å². The van der Waals surface area contributed by atoms with Crippen LogP contribution < -0.4 is 10.6 Å². The van der Waals surface area contributed by atoms with E-state index in [4.69, 9.17) is 10.9 Å². The average Bonchev–Trinajstić information content (AvgIpc) is 2.46. The number of hydrogen-bond acceptors (Lipinski definition) is 5. The van der Waals surface area contributed by atoms with Gasteiger partial charge in [0.2, 0.25) is 5.95 Å². The van der Waals surface area contributed by atoms with E-state index in [2.05, 4.69) is 15.1 Å². The second-order valence-corrected chi connectivity index (χ2v) is 3.76. The van der Waals surface area contributed by atoms with Crippen LogP contribution >= 0.6 is 0 Å². The molecule has 0 bridgehead atoms. The van der Waals surface area contributed by atoms with Crippen molar-refractivity contribution in [3.63, 3.8) is 0 Å². The highest BCUT2D eigenvalue weighted by Crippen LogP contribution is 2.19. The molecule has 0 radical (unpaired) electrons. The highest BCUT2D eigenvalue weighted by atomic mass is 19.1. The van der Waals surface area contributed by atoms with Crippen LogP contribution in [0.3, 0.4) is 0 Å². The Hall–Kier alpha value is -2.70. The first-order chi connectivity index (χ1) is 9.11. The summed E-state index contributed by atoms with van der Waals surface area (Å²) in [5.74, 6) is -0.0599. The van der Waals surface area contributed by atoms with E-state index in [0.717, 1.165) is 5.69 Å². The monoisotopic (exact) mass is 261 g/mol. The molecule has 6 nitrogen and oxygen atoms in total. The summed E-state index contributed by atoms with van der Waals surface area (Å²) in [5.41, 5.74) is 6.49. The second-order valence-electron chi connectivity index (χ2n) is 3.76. The highest BCUT2D eigenvalue weighted by molar-refractivity contribution is 5.95. The van der Waals surface area contributed by atoms with Gasteiger partial charge >= 0.3 is 0 Å². The van der Waals surface area contributed by atoms with Crippen molar-refractivity contribution < 1.29 is 9.60 Å². The minimum Gasteiger partial charge on any atom is -0.409 e. The van der Waals surface area contributed by atoms with Gasteiger partial charge in [-0.15, -0.1) is 0 Å². The van der Waals surface area contributed by atoms with Gasteiger partial charge in [0.1, 0.15) is 11.5 Å². The molecule has 0 saturated carbocycles. The number of anilines is 2. The van der Waals surface area contributed by atoms with E-state index < -0.39 is 0 Å². The molecule has 1 heterocycles. The van der Waals surface area contributed by atoms with E-state index in [1.54, 1.807) is 24.1 Å². The number of halogens is 1. The van der Waals surface area contributed by atoms with Crippen LogP contribution in [0, 0.1) is 5.82 Å². The molecule has 1 aromatic carbocycles. The standard InChI is InChI=1S/C12H12FN5O/c1-18(9-4-2-8(13)3-5-9)12-15-7-6-10(16-12)11(14)17-19/h2-7,19H,1H3,(H2,14,17). The van der Waals surface area contributed by atoms with Crippen LogP contribution in [0.4, 0.5) is 16.0 Å². The largest absolute Gasteiger partial charge is 0.409 e. The fraction of sp³-hybridized carbons (Fsp3) is 0.0833. The van der Waals surface area contributed by atoms with E-state index >= 15 is 0 Å². The lowest BCUT2D eigenvalue weighted by molar-refractivity contribution is 0.318. The van der Waals surface area contributed by atoms with Crippen LogP contribution in [0.1, 0.15) is 5.69 Å². The second kappa shape index (κ2) is 5.30. The van der Waals surface area contributed by atoms with Gasteiger partial charge in [0.05, 0.1) is 0 Å². The van der Waals surface area contributed by atoms with Crippen molar-refractivity contribution in [1.82, 2.24) is 9.97 Å². The normalized spacial score (nSPS) is 11.4. The quantitative estimate of drug-likeness (QED) is 0.378. The molecule has 0 atom stereocenters. The first-order valence-corrected chi connectivity index (χ1v) is 5.42. The fourth-order valence-electron chi connectivity index (χ4n) is 1.48. The lowest BCUT2D eigenvalue weighted by atomic mass is 10.3. The molecule has 2 aromatic rings. The Balaban J connectivity index is 2.33. The highest BCUT2D eigenvalue weighted by Gasteiger charge is 2.09. The number of nitrogens with two attached hydrogens (primary N) is 1. The summed E-state index contributed by atoms with van der Waals surface area (Å²) < 4.78 is 12.9. The van der Waals surface area contributed by atoms with E-state index in [0.29, 0.717) is 11.6 Å². The van der Waals surface area contributed by atoms with Gasteiger partial charge in [-0.3, -0.25) is 0 Å². The minimum absolute atomic E-state index is 0.101. The van der Waals surface area contributed by atoms with Gasteiger partial charge in [0, 0.05) is 18.9 Å². The van der Waals surface area contributed by atoms with Crippen LogP contribution in [0.25, 0.3) is 0 Å². The molecule has 0 amide bonds. The Morgan fingerprint density at radius 3 is 2.63 bits per heavy atom.